The van der Waals surface area contributed by atoms with E-state index in [9.17, 15) is 4.79 Å². The van der Waals surface area contributed by atoms with Gasteiger partial charge in [-0.15, -0.1) is 0 Å². The predicted molar refractivity (Wildman–Crippen MR) is 56.7 cm³/mol. The summed E-state index contributed by atoms with van der Waals surface area (Å²) in [5, 5.41) is 0. The van der Waals surface area contributed by atoms with Gasteiger partial charge in [-0.25, -0.2) is 4.98 Å². The smallest absolute Gasteiger partial charge is 0.310 e. The molecule has 0 bridgehead atoms. The van der Waals surface area contributed by atoms with Crippen molar-refractivity contribution in [3.8, 4) is 0 Å². The number of esters is 1. The monoisotopic (exact) mass is 258 g/mol. The molecule has 1 rings (SSSR count). The minimum atomic E-state index is -0.268. The first-order valence-electron chi connectivity index (χ1n) is 4.19. The summed E-state index contributed by atoms with van der Waals surface area (Å²) in [7, 11) is 0. The number of halogens is 1. The third-order valence-corrected chi connectivity index (χ3v) is 2.24. The molecule has 0 fully saturated rings. The van der Waals surface area contributed by atoms with Crippen molar-refractivity contribution in [3.05, 3.63) is 22.4 Å². The molecule has 0 aliphatic heterocycles. The van der Waals surface area contributed by atoms with E-state index in [-0.39, 0.29) is 12.4 Å². The van der Waals surface area contributed by atoms with Crippen LogP contribution in [0.15, 0.2) is 16.9 Å². The Morgan fingerprint density at radius 1 is 1.71 bits per heavy atom. The molecule has 0 radical (unpaired) electrons. The summed E-state index contributed by atoms with van der Waals surface area (Å²) in [6.07, 6.45) is 1.80. The number of carbonyl (C=O) groups excluding carboxylic acids is 1. The summed E-state index contributed by atoms with van der Waals surface area (Å²) in [5.74, 6) is -0.268. The Kier molecular flexibility index (Phi) is 3.88. The summed E-state index contributed by atoms with van der Waals surface area (Å²) < 4.78 is 5.38. The average Bonchev–Trinajstić information content (AvgIpc) is 2.12. The zero-order chi connectivity index (χ0) is 10.6. The largest absolute Gasteiger partial charge is 0.466 e. The predicted octanol–water partition coefficient (Wildman–Crippen LogP) is 1.53. The van der Waals surface area contributed by atoms with E-state index in [1.807, 2.05) is 0 Å². The van der Waals surface area contributed by atoms with Gasteiger partial charge < -0.3 is 10.5 Å². The van der Waals surface area contributed by atoms with Crippen molar-refractivity contribution in [2.75, 3.05) is 12.3 Å². The van der Waals surface area contributed by atoms with E-state index in [1.54, 1.807) is 19.2 Å². The van der Waals surface area contributed by atoms with Crippen molar-refractivity contribution in [2.45, 2.75) is 13.3 Å². The maximum absolute atomic E-state index is 11.1. The Morgan fingerprint density at radius 3 is 3.00 bits per heavy atom. The number of hydrogen-bond acceptors (Lipinski definition) is 4. The fourth-order valence-corrected chi connectivity index (χ4v) is 1.20. The molecule has 4 nitrogen and oxygen atoms in total. The molecule has 0 unspecified atom stereocenters. The Balaban J connectivity index is 2.68. The molecule has 0 aliphatic carbocycles. The molecule has 2 N–H and O–H groups in total. The normalized spacial score (nSPS) is 9.86. The fourth-order valence-electron chi connectivity index (χ4n) is 0.986. The zero-order valence-corrected chi connectivity index (χ0v) is 9.37. The van der Waals surface area contributed by atoms with Crippen molar-refractivity contribution >= 4 is 27.6 Å². The summed E-state index contributed by atoms with van der Waals surface area (Å²) in [5.41, 5.74) is 6.88. The molecule has 0 amide bonds. The molecule has 0 saturated heterocycles. The van der Waals surface area contributed by atoms with Crippen LogP contribution >= 0.6 is 15.9 Å². The minimum Gasteiger partial charge on any atom is -0.466 e. The van der Waals surface area contributed by atoms with Gasteiger partial charge in [0.15, 0.2) is 0 Å². The molecule has 5 heteroatoms. The van der Waals surface area contributed by atoms with Gasteiger partial charge >= 0.3 is 5.97 Å². The lowest BCUT2D eigenvalue weighted by molar-refractivity contribution is -0.142. The van der Waals surface area contributed by atoms with Crippen LogP contribution in [0.5, 0.6) is 0 Å². The SMILES string of the molecule is CCOC(=O)Cc1cnc(Br)c(N)c1. The van der Waals surface area contributed by atoms with Gasteiger partial charge in [-0.1, -0.05) is 0 Å². The highest BCUT2D eigenvalue weighted by molar-refractivity contribution is 9.10. The summed E-state index contributed by atoms with van der Waals surface area (Å²) in [6, 6.07) is 1.70. The second kappa shape index (κ2) is 4.95. The summed E-state index contributed by atoms with van der Waals surface area (Å²) >= 11 is 3.17. The molecule has 0 spiro atoms. The van der Waals surface area contributed by atoms with Crippen LogP contribution in [0.4, 0.5) is 5.69 Å². The molecule has 1 heterocycles. The number of pyridine rings is 1. The fraction of sp³-hybridized carbons (Fsp3) is 0.333. The lowest BCUT2D eigenvalue weighted by Crippen LogP contribution is -2.08. The highest BCUT2D eigenvalue weighted by Gasteiger charge is 2.05. The van der Waals surface area contributed by atoms with E-state index in [0.717, 1.165) is 5.56 Å². The Morgan fingerprint density at radius 2 is 2.43 bits per heavy atom. The van der Waals surface area contributed by atoms with Crippen molar-refractivity contribution in [1.82, 2.24) is 4.98 Å². The average molecular weight is 259 g/mol. The standard InChI is InChI=1S/C9H11BrN2O2/c1-2-14-8(13)4-6-3-7(11)9(10)12-5-6/h3,5H,2,4,11H2,1H3. The van der Waals surface area contributed by atoms with Crippen LogP contribution in [0, 0.1) is 0 Å². The first kappa shape index (κ1) is 11.0. The van der Waals surface area contributed by atoms with Crippen LogP contribution in [0.1, 0.15) is 12.5 Å². The Hall–Kier alpha value is -1.10. The van der Waals surface area contributed by atoms with Crippen LogP contribution in [0.25, 0.3) is 0 Å². The van der Waals surface area contributed by atoms with E-state index < -0.39 is 0 Å². The summed E-state index contributed by atoms with van der Waals surface area (Å²) in [4.78, 5) is 15.1. The van der Waals surface area contributed by atoms with Crippen LogP contribution in [-0.2, 0) is 16.0 Å². The van der Waals surface area contributed by atoms with Gasteiger partial charge in [0.25, 0.3) is 0 Å². The second-order valence-corrected chi connectivity index (χ2v) is 3.46. The van der Waals surface area contributed by atoms with Crippen LogP contribution in [0.2, 0.25) is 0 Å². The van der Waals surface area contributed by atoms with E-state index in [0.29, 0.717) is 16.9 Å². The summed E-state index contributed by atoms with van der Waals surface area (Å²) in [6.45, 7) is 2.16. The number of nitrogens with two attached hydrogens (primary N) is 1. The number of nitrogens with zero attached hydrogens (tertiary/aromatic N) is 1. The van der Waals surface area contributed by atoms with Gasteiger partial charge in [0, 0.05) is 6.20 Å². The lowest BCUT2D eigenvalue weighted by Gasteiger charge is -2.03. The molecule has 76 valence electrons. The van der Waals surface area contributed by atoms with Crippen LogP contribution in [-0.4, -0.2) is 17.6 Å². The number of aromatic nitrogens is 1. The van der Waals surface area contributed by atoms with Gasteiger partial charge in [-0.05, 0) is 34.5 Å². The number of rotatable bonds is 3. The van der Waals surface area contributed by atoms with Gasteiger partial charge in [-0.3, -0.25) is 4.79 Å². The zero-order valence-electron chi connectivity index (χ0n) is 7.79. The van der Waals surface area contributed by atoms with E-state index in [2.05, 4.69) is 20.9 Å². The number of anilines is 1. The highest BCUT2D eigenvalue weighted by Crippen LogP contribution is 2.17. The number of carbonyl (C=O) groups is 1. The maximum Gasteiger partial charge on any atom is 0.310 e. The molecule has 0 aromatic carbocycles. The molecule has 0 saturated carbocycles. The van der Waals surface area contributed by atoms with Gasteiger partial charge in [0.2, 0.25) is 0 Å². The van der Waals surface area contributed by atoms with E-state index in [1.165, 1.54) is 0 Å². The highest BCUT2D eigenvalue weighted by atomic mass is 79.9. The van der Waals surface area contributed by atoms with Crippen LogP contribution in [0.3, 0.4) is 0 Å². The Bertz CT molecular complexity index is 342. The van der Waals surface area contributed by atoms with E-state index in [4.69, 9.17) is 10.5 Å². The second-order valence-electron chi connectivity index (χ2n) is 2.71. The number of hydrogen-bond donors (Lipinski definition) is 1. The number of nitrogen functional groups attached to an aromatic ring is 1. The molecular formula is C9H11BrN2O2. The van der Waals surface area contributed by atoms with Gasteiger partial charge in [0.05, 0.1) is 18.7 Å². The molecular weight excluding hydrogens is 248 g/mol. The first-order chi connectivity index (χ1) is 6.63. The van der Waals surface area contributed by atoms with Gasteiger partial charge in [0.1, 0.15) is 4.60 Å². The molecule has 14 heavy (non-hydrogen) atoms. The van der Waals surface area contributed by atoms with Crippen molar-refractivity contribution in [3.63, 3.8) is 0 Å². The Labute approximate surface area is 90.6 Å². The molecule has 0 aliphatic rings. The van der Waals surface area contributed by atoms with Crippen molar-refractivity contribution < 1.29 is 9.53 Å². The first-order valence-corrected chi connectivity index (χ1v) is 4.98. The van der Waals surface area contributed by atoms with Crippen molar-refractivity contribution in [2.24, 2.45) is 0 Å². The molecule has 0 atom stereocenters. The third kappa shape index (κ3) is 2.99. The third-order valence-electron chi connectivity index (χ3n) is 1.58. The topological polar surface area (TPSA) is 65.2 Å². The van der Waals surface area contributed by atoms with Gasteiger partial charge in [-0.2, -0.15) is 0 Å². The molecule has 1 aromatic heterocycles. The van der Waals surface area contributed by atoms with Crippen molar-refractivity contribution in [1.29, 1.82) is 0 Å². The molecule has 1 aromatic rings. The number of ether oxygens (including phenoxy) is 1. The quantitative estimate of drug-likeness (QED) is 0.660. The minimum absolute atomic E-state index is 0.207. The lowest BCUT2D eigenvalue weighted by atomic mass is 10.2. The van der Waals surface area contributed by atoms with E-state index >= 15 is 0 Å². The maximum atomic E-state index is 11.1. The van der Waals surface area contributed by atoms with Crippen LogP contribution < -0.4 is 5.73 Å².